The molecule has 2 amide bonds. The lowest BCUT2D eigenvalue weighted by Crippen LogP contribution is -2.49. The number of nitrogens with one attached hydrogen (secondary N) is 1. The lowest BCUT2D eigenvalue weighted by Gasteiger charge is -2.30. The molecular formula is C15H20N2O4. The second-order valence-corrected chi connectivity index (χ2v) is 5.24. The Morgan fingerprint density at radius 3 is 2.86 bits per heavy atom. The minimum atomic E-state index is -1.14. The van der Waals surface area contributed by atoms with Crippen LogP contribution in [0.25, 0.3) is 0 Å². The van der Waals surface area contributed by atoms with Crippen molar-refractivity contribution >= 4 is 17.7 Å². The molecule has 1 aromatic rings. The number of aliphatic hydroxyl groups excluding tert-OH is 1. The molecule has 6 nitrogen and oxygen atoms in total. The number of carbonyl (C=O) groups is 2. The summed E-state index contributed by atoms with van der Waals surface area (Å²) in [6.45, 7) is 2.28. The van der Waals surface area contributed by atoms with Crippen LogP contribution in [0.5, 0.6) is 0 Å². The van der Waals surface area contributed by atoms with Crippen LogP contribution in [0.15, 0.2) is 18.2 Å². The van der Waals surface area contributed by atoms with Crippen molar-refractivity contribution in [3.8, 4) is 0 Å². The van der Waals surface area contributed by atoms with Crippen molar-refractivity contribution in [1.82, 2.24) is 5.32 Å². The minimum absolute atomic E-state index is 0.00430. The molecule has 1 aliphatic rings. The zero-order chi connectivity index (χ0) is 15.4. The number of carboxylic acids is 1. The smallest absolute Gasteiger partial charge is 0.326 e. The van der Waals surface area contributed by atoms with Crippen LogP contribution in [-0.2, 0) is 11.2 Å². The van der Waals surface area contributed by atoms with E-state index >= 15 is 0 Å². The van der Waals surface area contributed by atoms with Gasteiger partial charge in [0.15, 0.2) is 0 Å². The second-order valence-electron chi connectivity index (χ2n) is 5.24. The number of carbonyl (C=O) groups excluding carboxylic acids is 1. The maximum Gasteiger partial charge on any atom is 0.326 e. The predicted octanol–water partition coefficient (Wildman–Crippen LogP) is 1.29. The fourth-order valence-corrected chi connectivity index (χ4v) is 2.55. The van der Waals surface area contributed by atoms with Gasteiger partial charge in [0, 0.05) is 25.3 Å². The number of fused-ring (bicyclic) bond motifs is 1. The number of rotatable bonds is 4. The predicted molar refractivity (Wildman–Crippen MR) is 78.5 cm³/mol. The lowest BCUT2D eigenvalue weighted by atomic mass is 10.00. The van der Waals surface area contributed by atoms with Crippen LogP contribution in [0.4, 0.5) is 10.5 Å². The van der Waals surface area contributed by atoms with Crippen molar-refractivity contribution in [2.45, 2.75) is 32.2 Å². The van der Waals surface area contributed by atoms with Gasteiger partial charge in [0.05, 0.1) is 0 Å². The average Bonchev–Trinajstić information content (AvgIpc) is 2.45. The zero-order valence-corrected chi connectivity index (χ0v) is 12.0. The third kappa shape index (κ3) is 3.52. The summed E-state index contributed by atoms with van der Waals surface area (Å²) in [7, 11) is 0. The number of carboxylic acid groups (broad SMARTS) is 1. The molecule has 0 unspecified atom stereocenters. The quantitative estimate of drug-likeness (QED) is 0.780. The first-order valence-corrected chi connectivity index (χ1v) is 7.04. The Hall–Kier alpha value is -2.08. The molecule has 6 heteroatoms. The highest BCUT2D eigenvalue weighted by Gasteiger charge is 2.26. The Balaban J connectivity index is 2.16. The molecule has 0 radical (unpaired) electrons. The summed E-state index contributed by atoms with van der Waals surface area (Å²) < 4.78 is 0. The number of urea groups is 1. The summed E-state index contributed by atoms with van der Waals surface area (Å²) >= 11 is 0. The Labute approximate surface area is 123 Å². The van der Waals surface area contributed by atoms with Crippen LogP contribution in [0.2, 0.25) is 0 Å². The molecule has 1 atom stereocenters. The van der Waals surface area contributed by atoms with Crippen LogP contribution in [-0.4, -0.2) is 41.4 Å². The molecule has 3 N–H and O–H groups in total. The van der Waals surface area contributed by atoms with Gasteiger partial charge in [-0.25, -0.2) is 9.59 Å². The van der Waals surface area contributed by atoms with Gasteiger partial charge in [-0.1, -0.05) is 17.7 Å². The molecule has 1 heterocycles. The lowest BCUT2D eigenvalue weighted by molar-refractivity contribution is -0.139. The van der Waals surface area contributed by atoms with Gasteiger partial charge in [0.25, 0.3) is 0 Å². The number of nitrogens with zero attached hydrogens (tertiary/aromatic N) is 1. The molecule has 0 bridgehead atoms. The number of benzene rings is 1. The molecule has 1 aromatic carbocycles. The van der Waals surface area contributed by atoms with Gasteiger partial charge in [0.2, 0.25) is 0 Å². The molecule has 0 saturated carbocycles. The van der Waals surface area contributed by atoms with Crippen molar-refractivity contribution in [3.05, 3.63) is 29.3 Å². The topological polar surface area (TPSA) is 89.9 Å². The molecule has 0 spiro atoms. The van der Waals surface area contributed by atoms with E-state index in [4.69, 9.17) is 10.2 Å². The summed E-state index contributed by atoms with van der Waals surface area (Å²) in [5.74, 6) is -1.14. The fraction of sp³-hybridized carbons (Fsp3) is 0.467. The van der Waals surface area contributed by atoms with E-state index in [1.54, 1.807) is 4.90 Å². The van der Waals surface area contributed by atoms with Crippen LogP contribution >= 0.6 is 0 Å². The van der Waals surface area contributed by atoms with Crippen LogP contribution in [0.3, 0.4) is 0 Å². The largest absolute Gasteiger partial charge is 0.480 e. The number of hydrogen-bond donors (Lipinski definition) is 3. The molecule has 0 fully saturated rings. The van der Waals surface area contributed by atoms with E-state index in [1.165, 1.54) is 0 Å². The fourth-order valence-electron chi connectivity index (χ4n) is 2.55. The van der Waals surface area contributed by atoms with E-state index in [0.717, 1.165) is 29.7 Å². The maximum atomic E-state index is 12.3. The standard InChI is InChI=1S/C15H20N2O4/c1-10-4-5-13-11(9-10)3-2-7-17(13)15(21)16-12(6-8-18)14(19)20/h4-5,9,12,18H,2-3,6-8H2,1H3,(H,16,21)(H,19,20)/t12-/m0/s1. The van der Waals surface area contributed by atoms with Gasteiger partial charge >= 0.3 is 12.0 Å². The molecule has 21 heavy (non-hydrogen) atoms. The first-order valence-electron chi connectivity index (χ1n) is 7.04. The van der Waals surface area contributed by atoms with Gasteiger partial charge in [-0.2, -0.15) is 0 Å². The van der Waals surface area contributed by atoms with Crippen molar-refractivity contribution in [2.24, 2.45) is 0 Å². The van der Waals surface area contributed by atoms with E-state index in [-0.39, 0.29) is 13.0 Å². The number of hydrogen-bond acceptors (Lipinski definition) is 3. The first kappa shape index (κ1) is 15.3. The molecule has 114 valence electrons. The van der Waals surface area contributed by atoms with E-state index in [2.05, 4.69) is 11.4 Å². The molecule has 2 rings (SSSR count). The van der Waals surface area contributed by atoms with Crippen LogP contribution in [0.1, 0.15) is 24.0 Å². The van der Waals surface area contributed by atoms with E-state index < -0.39 is 18.0 Å². The van der Waals surface area contributed by atoms with Gasteiger partial charge in [-0.3, -0.25) is 4.90 Å². The third-order valence-corrected chi connectivity index (χ3v) is 3.61. The van der Waals surface area contributed by atoms with Gasteiger partial charge in [-0.05, 0) is 31.4 Å². The Morgan fingerprint density at radius 1 is 1.43 bits per heavy atom. The van der Waals surface area contributed by atoms with Crippen molar-refractivity contribution < 1.29 is 19.8 Å². The number of aliphatic hydroxyl groups is 1. The van der Waals surface area contributed by atoms with E-state index in [1.807, 2.05) is 19.1 Å². The summed E-state index contributed by atoms with van der Waals surface area (Å²) in [6.07, 6.45) is 1.76. The van der Waals surface area contributed by atoms with Gasteiger partial charge in [0.1, 0.15) is 6.04 Å². The summed E-state index contributed by atoms with van der Waals surface area (Å²) in [6, 6.07) is 4.38. The summed E-state index contributed by atoms with van der Waals surface area (Å²) in [5, 5.41) is 20.4. The van der Waals surface area contributed by atoms with Gasteiger partial charge < -0.3 is 15.5 Å². The van der Waals surface area contributed by atoms with Crippen molar-refractivity contribution in [3.63, 3.8) is 0 Å². The molecule has 1 aliphatic heterocycles. The second kappa shape index (κ2) is 6.58. The number of aryl methyl sites for hydroxylation is 2. The highest BCUT2D eigenvalue weighted by molar-refractivity contribution is 5.95. The number of aliphatic carboxylic acids is 1. The summed E-state index contributed by atoms with van der Waals surface area (Å²) in [5.41, 5.74) is 3.07. The number of amides is 2. The molecule has 0 saturated heterocycles. The zero-order valence-electron chi connectivity index (χ0n) is 12.0. The monoisotopic (exact) mass is 292 g/mol. The molecular weight excluding hydrogens is 272 g/mol. The Kier molecular flexibility index (Phi) is 4.80. The molecule has 0 aliphatic carbocycles. The Morgan fingerprint density at radius 2 is 2.19 bits per heavy atom. The maximum absolute atomic E-state index is 12.3. The summed E-state index contributed by atoms with van der Waals surface area (Å²) in [4.78, 5) is 24.9. The number of anilines is 1. The van der Waals surface area contributed by atoms with Crippen molar-refractivity contribution in [1.29, 1.82) is 0 Å². The SMILES string of the molecule is Cc1ccc2c(c1)CCCN2C(=O)N[C@@H](CCO)C(=O)O. The average molecular weight is 292 g/mol. The van der Waals surface area contributed by atoms with Gasteiger partial charge in [-0.15, -0.1) is 0 Å². The highest BCUT2D eigenvalue weighted by atomic mass is 16.4. The minimum Gasteiger partial charge on any atom is -0.480 e. The Bertz CT molecular complexity index is 544. The van der Waals surface area contributed by atoms with E-state index in [9.17, 15) is 9.59 Å². The first-order chi connectivity index (χ1) is 10.0. The molecule has 0 aromatic heterocycles. The van der Waals surface area contributed by atoms with Crippen LogP contribution < -0.4 is 10.2 Å². The van der Waals surface area contributed by atoms with E-state index in [0.29, 0.717) is 6.54 Å². The van der Waals surface area contributed by atoms with Crippen molar-refractivity contribution in [2.75, 3.05) is 18.1 Å². The van der Waals surface area contributed by atoms with Crippen LogP contribution in [0, 0.1) is 6.92 Å². The third-order valence-electron chi connectivity index (χ3n) is 3.61. The normalized spacial score (nSPS) is 15.2. The highest BCUT2D eigenvalue weighted by Crippen LogP contribution is 2.28.